The normalized spacial score (nSPS) is 14.7. The molecule has 20 heavy (non-hydrogen) atoms. The van der Waals surface area contributed by atoms with E-state index in [9.17, 15) is 22.0 Å². The second kappa shape index (κ2) is 6.39. The zero-order valence-corrected chi connectivity index (χ0v) is 10.6. The standard InChI is InChI=1S/C13H14F5NO/c14-8-9(15)11(17)13(12(18)10(8)16)19-4-1-5-20-6-7-2-3-7/h7,19H,1-6H2. The average Bonchev–Trinajstić information content (AvgIpc) is 3.25. The molecule has 2 nitrogen and oxygen atoms in total. The maximum Gasteiger partial charge on any atom is 0.200 e. The quantitative estimate of drug-likeness (QED) is 0.359. The van der Waals surface area contributed by atoms with Gasteiger partial charge in [0.1, 0.15) is 5.69 Å². The van der Waals surface area contributed by atoms with Gasteiger partial charge in [-0.3, -0.25) is 0 Å². The van der Waals surface area contributed by atoms with Crippen LogP contribution in [0.5, 0.6) is 0 Å². The molecule has 1 aromatic carbocycles. The Balaban J connectivity index is 1.85. The van der Waals surface area contributed by atoms with E-state index in [1.807, 2.05) is 0 Å². The number of ether oxygens (including phenoxy) is 1. The van der Waals surface area contributed by atoms with Crippen molar-refractivity contribution in [2.75, 3.05) is 25.1 Å². The zero-order valence-electron chi connectivity index (χ0n) is 10.6. The molecule has 1 aliphatic rings. The van der Waals surface area contributed by atoms with Gasteiger partial charge in [0.25, 0.3) is 0 Å². The van der Waals surface area contributed by atoms with Gasteiger partial charge in [0, 0.05) is 19.8 Å². The molecule has 2 rings (SSSR count). The van der Waals surface area contributed by atoms with Crippen LogP contribution in [0.2, 0.25) is 0 Å². The van der Waals surface area contributed by atoms with Crippen molar-refractivity contribution in [3.63, 3.8) is 0 Å². The van der Waals surface area contributed by atoms with Gasteiger partial charge in [-0.2, -0.15) is 0 Å². The SMILES string of the molecule is Fc1c(F)c(F)c(NCCCOCC2CC2)c(F)c1F. The Labute approximate surface area is 112 Å². The predicted octanol–water partition coefficient (Wildman–Crippen LogP) is 3.61. The van der Waals surface area contributed by atoms with Gasteiger partial charge >= 0.3 is 0 Å². The van der Waals surface area contributed by atoms with E-state index < -0.39 is 34.8 Å². The summed E-state index contributed by atoms with van der Waals surface area (Å²) in [5.74, 6) is -9.13. The molecule has 1 aromatic rings. The number of rotatable bonds is 7. The lowest BCUT2D eigenvalue weighted by Crippen LogP contribution is -2.12. The molecule has 0 bridgehead atoms. The van der Waals surface area contributed by atoms with Gasteiger partial charge in [-0.1, -0.05) is 0 Å². The van der Waals surface area contributed by atoms with Gasteiger partial charge in [-0.15, -0.1) is 0 Å². The summed E-state index contributed by atoms with van der Waals surface area (Å²) < 4.78 is 70.4. The number of halogens is 5. The molecule has 1 aliphatic carbocycles. The van der Waals surface area contributed by atoms with E-state index in [2.05, 4.69) is 5.32 Å². The van der Waals surface area contributed by atoms with Gasteiger partial charge < -0.3 is 10.1 Å². The summed E-state index contributed by atoms with van der Waals surface area (Å²) in [6, 6.07) is 0. The number of anilines is 1. The molecular weight excluding hydrogens is 281 g/mol. The van der Waals surface area contributed by atoms with Crippen molar-refractivity contribution in [1.29, 1.82) is 0 Å². The Hall–Kier alpha value is -1.37. The lowest BCUT2D eigenvalue weighted by molar-refractivity contribution is 0.124. The van der Waals surface area contributed by atoms with Gasteiger partial charge in [-0.25, -0.2) is 22.0 Å². The molecule has 0 atom stereocenters. The Morgan fingerprint density at radius 1 is 0.900 bits per heavy atom. The zero-order chi connectivity index (χ0) is 14.7. The number of benzene rings is 1. The molecular formula is C13H14F5NO. The molecule has 0 aliphatic heterocycles. The van der Waals surface area contributed by atoms with E-state index in [0.29, 0.717) is 25.6 Å². The second-order valence-electron chi connectivity index (χ2n) is 4.74. The molecule has 0 amide bonds. The van der Waals surface area contributed by atoms with Crippen LogP contribution in [0.15, 0.2) is 0 Å². The monoisotopic (exact) mass is 295 g/mol. The molecule has 1 fully saturated rings. The summed E-state index contributed by atoms with van der Waals surface area (Å²) >= 11 is 0. The third kappa shape index (κ3) is 3.39. The van der Waals surface area contributed by atoms with Gasteiger partial charge in [0.15, 0.2) is 23.3 Å². The first-order valence-electron chi connectivity index (χ1n) is 6.35. The summed E-state index contributed by atoms with van der Waals surface area (Å²) in [4.78, 5) is 0. The minimum absolute atomic E-state index is 0.0586. The van der Waals surface area contributed by atoms with E-state index in [4.69, 9.17) is 4.74 Å². The molecule has 0 aromatic heterocycles. The fourth-order valence-corrected chi connectivity index (χ4v) is 1.68. The highest BCUT2D eigenvalue weighted by molar-refractivity contribution is 5.47. The van der Waals surface area contributed by atoms with E-state index >= 15 is 0 Å². The fraction of sp³-hybridized carbons (Fsp3) is 0.538. The van der Waals surface area contributed by atoms with Crippen LogP contribution in [0.4, 0.5) is 27.6 Å². The van der Waals surface area contributed by atoms with Crippen LogP contribution in [0.25, 0.3) is 0 Å². The summed E-state index contributed by atoms with van der Waals surface area (Å²) in [6.07, 6.45) is 2.72. The maximum atomic E-state index is 13.3. The Morgan fingerprint density at radius 3 is 2.00 bits per heavy atom. The molecule has 0 unspecified atom stereocenters. The summed E-state index contributed by atoms with van der Waals surface area (Å²) in [5, 5.41) is 2.22. The third-order valence-electron chi connectivity index (χ3n) is 3.03. The molecule has 0 spiro atoms. The van der Waals surface area contributed by atoms with Gasteiger partial charge in [0.05, 0.1) is 0 Å². The smallest absolute Gasteiger partial charge is 0.200 e. The molecule has 7 heteroatoms. The van der Waals surface area contributed by atoms with Crippen LogP contribution < -0.4 is 5.32 Å². The van der Waals surface area contributed by atoms with E-state index in [-0.39, 0.29) is 6.54 Å². The number of hydrogen-bond donors (Lipinski definition) is 1. The van der Waals surface area contributed by atoms with Crippen LogP contribution >= 0.6 is 0 Å². The highest BCUT2D eigenvalue weighted by Crippen LogP contribution is 2.29. The fourth-order valence-electron chi connectivity index (χ4n) is 1.68. The second-order valence-corrected chi connectivity index (χ2v) is 4.74. The Bertz CT molecular complexity index is 461. The highest BCUT2D eigenvalue weighted by Gasteiger charge is 2.25. The van der Waals surface area contributed by atoms with Crippen LogP contribution in [0.1, 0.15) is 19.3 Å². The van der Waals surface area contributed by atoms with Gasteiger partial charge in [-0.05, 0) is 25.2 Å². The number of nitrogens with one attached hydrogen (secondary N) is 1. The van der Waals surface area contributed by atoms with E-state index in [1.54, 1.807) is 0 Å². The van der Waals surface area contributed by atoms with Crippen molar-refractivity contribution < 1.29 is 26.7 Å². The van der Waals surface area contributed by atoms with Crippen molar-refractivity contribution in [2.45, 2.75) is 19.3 Å². The largest absolute Gasteiger partial charge is 0.381 e. The van der Waals surface area contributed by atoms with Gasteiger partial charge in [0.2, 0.25) is 5.82 Å². The molecule has 1 saturated carbocycles. The minimum atomic E-state index is -2.15. The molecule has 112 valence electrons. The van der Waals surface area contributed by atoms with E-state index in [0.717, 1.165) is 12.8 Å². The summed E-state index contributed by atoms with van der Waals surface area (Å²) in [5.41, 5.74) is -0.997. The average molecular weight is 295 g/mol. The first-order valence-corrected chi connectivity index (χ1v) is 6.35. The molecule has 1 N–H and O–H groups in total. The first-order chi connectivity index (χ1) is 9.52. The van der Waals surface area contributed by atoms with Crippen molar-refractivity contribution >= 4 is 5.69 Å². The topological polar surface area (TPSA) is 21.3 Å². The van der Waals surface area contributed by atoms with Crippen LogP contribution in [-0.2, 0) is 4.74 Å². The minimum Gasteiger partial charge on any atom is -0.381 e. The molecule has 0 saturated heterocycles. The van der Waals surface area contributed by atoms with Crippen LogP contribution in [0.3, 0.4) is 0 Å². The lowest BCUT2D eigenvalue weighted by Gasteiger charge is -2.10. The summed E-state index contributed by atoms with van der Waals surface area (Å²) in [6.45, 7) is 1.09. The van der Waals surface area contributed by atoms with Crippen molar-refractivity contribution in [1.82, 2.24) is 0 Å². The molecule has 0 heterocycles. The van der Waals surface area contributed by atoms with Crippen molar-refractivity contribution in [3.8, 4) is 0 Å². The first kappa shape index (κ1) is 15.0. The van der Waals surface area contributed by atoms with Crippen molar-refractivity contribution in [2.24, 2.45) is 5.92 Å². The summed E-state index contributed by atoms with van der Waals surface area (Å²) in [7, 11) is 0. The van der Waals surface area contributed by atoms with Crippen LogP contribution in [-0.4, -0.2) is 19.8 Å². The lowest BCUT2D eigenvalue weighted by atomic mass is 10.2. The van der Waals surface area contributed by atoms with Crippen LogP contribution in [0, 0.1) is 35.0 Å². The molecule has 0 radical (unpaired) electrons. The highest BCUT2D eigenvalue weighted by atomic mass is 19.2. The van der Waals surface area contributed by atoms with Crippen molar-refractivity contribution in [3.05, 3.63) is 29.1 Å². The predicted molar refractivity (Wildman–Crippen MR) is 62.9 cm³/mol. The Kier molecular flexibility index (Phi) is 4.80. The number of hydrogen-bond acceptors (Lipinski definition) is 2. The van der Waals surface area contributed by atoms with E-state index in [1.165, 1.54) is 0 Å². The third-order valence-corrected chi connectivity index (χ3v) is 3.03. The maximum absolute atomic E-state index is 13.3. The Morgan fingerprint density at radius 2 is 1.45 bits per heavy atom.